The molecule has 1 amide bonds. The molecule has 40 heavy (non-hydrogen) atoms. The molecule has 3 heterocycles. The van der Waals surface area contributed by atoms with Crippen molar-refractivity contribution in [1.29, 1.82) is 0 Å². The summed E-state index contributed by atoms with van der Waals surface area (Å²) in [4.78, 5) is 25.3. The van der Waals surface area contributed by atoms with Crippen LogP contribution >= 0.6 is 0 Å². The van der Waals surface area contributed by atoms with E-state index < -0.39 is 17.1 Å². The number of nitro benzene ring substituents is 1. The van der Waals surface area contributed by atoms with Gasteiger partial charge in [0.25, 0.3) is 5.69 Å². The van der Waals surface area contributed by atoms with E-state index in [0.29, 0.717) is 25.3 Å². The van der Waals surface area contributed by atoms with Crippen LogP contribution in [0.2, 0.25) is 0 Å². The Kier molecular flexibility index (Phi) is 6.97. The lowest BCUT2D eigenvalue weighted by Gasteiger charge is -2.30. The number of hydrogen-bond acceptors (Lipinski definition) is 8. The molecule has 0 radical (unpaired) electrons. The summed E-state index contributed by atoms with van der Waals surface area (Å²) < 4.78 is 19.2. The van der Waals surface area contributed by atoms with E-state index in [2.05, 4.69) is 10.3 Å². The van der Waals surface area contributed by atoms with Crippen LogP contribution < -0.4 is 0 Å². The number of amides is 1. The van der Waals surface area contributed by atoms with E-state index in [4.69, 9.17) is 14.2 Å². The van der Waals surface area contributed by atoms with E-state index >= 15 is 0 Å². The molecular formula is C29H27N5O6. The van der Waals surface area contributed by atoms with Crippen molar-refractivity contribution in [2.75, 3.05) is 13.1 Å². The average Bonchev–Trinajstić information content (AvgIpc) is 3.61. The fraction of sp³-hybridized carbons (Fsp3) is 0.276. The highest BCUT2D eigenvalue weighted by Gasteiger charge is 2.52. The summed E-state index contributed by atoms with van der Waals surface area (Å²) in [5.41, 5.74) is 3.90. The van der Waals surface area contributed by atoms with E-state index in [0.717, 1.165) is 22.5 Å². The Morgan fingerprint density at radius 2 is 1.82 bits per heavy atom. The first-order valence-corrected chi connectivity index (χ1v) is 13.0. The summed E-state index contributed by atoms with van der Waals surface area (Å²) >= 11 is 0. The minimum Gasteiger partial charge on any atom is -0.441 e. The number of epoxide rings is 1. The highest BCUT2D eigenvalue weighted by molar-refractivity contribution is 5.68. The molecule has 11 heteroatoms. The van der Waals surface area contributed by atoms with Crippen molar-refractivity contribution in [2.24, 2.45) is 0 Å². The number of fused-ring (bicyclic) bond motifs is 1. The van der Waals surface area contributed by atoms with Crippen LogP contribution in [0.3, 0.4) is 0 Å². The number of aromatic nitrogens is 3. The van der Waals surface area contributed by atoms with Crippen molar-refractivity contribution in [1.82, 2.24) is 19.9 Å². The number of nitro groups is 1. The quantitative estimate of drug-likeness (QED) is 0.178. The third-order valence-electron chi connectivity index (χ3n) is 7.12. The number of ether oxygens (including phenoxy) is 3. The van der Waals surface area contributed by atoms with Crippen molar-refractivity contribution in [3.63, 3.8) is 0 Å². The highest BCUT2D eigenvalue weighted by atomic mass is 16.6. The standard InChI is InChI=1S/C29H27N5O6/c1-19(23-9-5-6-10-25(23)34(36)37)39-29(35)32-16-26(28-27(17-32)40-28)38-18-20-11-13-22(14-12-20)33-15-24(30-31-33)21-7-3-2-4-8-21/h2-15,19,26-28H,16-18H2,1H3/t19?,26-,27-,28+/m1/s1. The second-order valence-corrected chi connectivity index (χ2v) is 9.82. The van der Waals surface area contributed by atoms with Crippen LogP contribution in [0.4, 0.5) is 10.5 Å². The number of likely N-dealkylation sites (tertiary alicyclic amines) is 1. The van der Waals surface area contributed by atoms with Gasteiger partial charge in [0.15, 0.2) is 0 Å². The second-order valence-electron chi connectivity index (χ2n) is 9.82. The predicted octanol–water partition coefficient (Wildman–Crippen LogP) is 4.71. The van der Waals surface area contributed by atoms with Gasteiger partial charge in [0.2, 0.25) is 0 Å². The number of benzene rings is 3. The van der Waals surface area contributed by atoms with E-state index in [9.17, 15) is 14.9 Å². The molecule has 4 atom stereocenters. The van der Waals surface area contributed by atoms with Gasteiger partial charge in [-0.15, -0.1) is 5.10 Å². The summed E-state index contributed by atoms with van der Waals surface area (Å²) in [6.07, 6.45) is 0.0661. The monoisotopic (exact) mass is 541 g/mol. The second kappa shape index (κ2) is 10.9. The van der Waals surface area contributed by atoms with E-state index in [1.54, 1.807) is 34.7 Å². The van der Waals surface area contributed by atoms with Gasteiger partial charge in [0.05, 0.1) is 42.1 Å². The maximum atomic E-state index is 12.9. The fourth-order valence-electron chi connectivity index (χ4n) is 4.91. The minimum atomic E-state index is -0.779. The van der Waals surface area contributed by atoms with Crippen molar-refractivity contribution in [3.8, 4) is 16.9 Å². The fourth-order valence-corrected chi connectivity index (χ4v) is 4.91. The Morgan fingerprint density at radius 1 is 1.07 bits per heavy atom. The van der Waals surface area contributed by atoms with Crippen molar-refractivity contribution < 1.29 is 23.9 Å². The highest BCUT2D eigenvalue weighted by Crippen LogP contribution is 2.35. The number of rotatable bonds is 8. The summed E-state index contributed by atoms with van der Waals surface area (Å²) in [6.45, 7) is 2.67. The van der Waals surface area contributed by atoms with Crippen LogP contribution in [0.15, 0.2) is 85.1 Å². The lowest BCUT2D eigenvalue weighted by Crippen LogP contribution is -2.48. The zero-order valence-corrected chi connectivity index (χ0v) is 21.7. The number of nitrogens with zero attached hydrogens (tertiary/aromatic N) is 5. The summed E-state index contributed by atoms with van der Waals surface area (Å²) in [7, 11) is 0. The van der Waals surface area contributed by atoms with E-state index in [1.165, 1.54) is 6.07 Å². The van der Waals surface area contributed by atoms with E-state index in [1.807, 2.05) is 60.8 Å². The molecule has 204 valence electrons. The van der Waals surface area contributed by atoms with Crippen molar-refractivity contribution >= 4 is 11.8 Å². The zero-order chi connectivity index (χ0) is 27.6. The summed E-state index contributed by atoms with van der Waals surface area (Å²) in [6, 6.07) is 24.0. The van der Waals surface area contributed by atoms with Gasteiger partial charge in [-0.1, -0.05) is 59.8 Å². The molecule has 0 aliphatic carbocycles. The lowest BCUT2D eigenvalue weighted by molar-refractivity contribution is -0.386. The van der Waals surface area contributed by atoms with Crippen molar-refractivity contribution in [2.45, 2.75) is 37.9 Å². The SMILES string of the molecule is CC(OC(=O)N1C[C@@H](OCc2ccc(-n3cc(-c4ccccc4)nn3)cc2)[C@@H]2O[C@@H]2C1)c1ccccc1[N+](=O)[O-]. The Hall–Kier alpha value is -4.61. The zero-order valence-electron chi connectivity index (χ0n) is 21.7. The third kappa shape index (κ3) is 5.42. The first-order chi connectivity index (χ1) is 19.5. The normalized spacial score (nSPS) is 20.4. The van der Waals surface area contributed by atoms with Gasteiger partial charge in [-0.2, -0.15) is 0 Å². The van der Waals surface area contributed by atoms with Gasteiger partial charge in [0.1, 0.15) is 30.1 Å². The van der Waals surface area contributed by atoms with Gasteiger partial charge in [-0.25, -0.2) is 9.48 Å². The molecule has 2 aliphatic rings. The van der Waals surface area contributed by atoms with Gasteiger partial charge in [-0.3, -0.25) is 10.1 Å². The van der Waals surface area contributed by atoms with Crippen LogP contribution in [0.5, 0.6) is 0 Å². The van der Waals surface area contributed by atoms with Crippen LogP contribution in [0.1, 0.15) is 24.2 Å². The third-order valence-corrected chi connectivity index (χ3v) is 7.12. The van der Waals surface area contributed by atoms with Gasteiger partial charge in [-0.05, 0) is 30.7 Å². The number of hydrogen-bond donors (Lipinski definition) is 0. The Labute approximate surface area is 230 Å². The molecule has 0 bridgehead atoms. The predicted molar refractivity (Wildman–Crippen MR) is 144 cm³/mol. The van der Waals surface area contributed by atoms with Crippen LogP contribution in [0, 0.1) is 10.1 Å². The number of carbonyl (C=O) groups is 1. The molecule has 2 fully saturated rings. The molecule has 6 rings (SSSR count). The first kappa shape index (κ1) is 25.7. The minimum absolute atomic E-state index is 0.0671. The molecule has 1 unspecified atom stereocenters. The van der Waals surface area contributed by atoms with Crippen LogP contribution in [0.25, 0.3) is 16.9 Å². The smallest absolute Gasteiger partial charge is 0.410 e. The van der Waals surface area contributed by atoms with Crippen LogP contribution in [-0.4, -0.2) is 62.3 Å². The van der Waals surface area contributed by atoms with E-state index in [-0.39, 0.29) is 24.0 Å². The molecule has 2 aliphatic heterocycles. The first-order valence-electron chi connectivity index (χ1n) is 13.0. The molecule has 0 spiro atoms. The molecular weight excluding hydrogens is 514 g/mol. The van der Waals surface area contributed by atoms with Crippen molar-refractivity contribution in [3.05, 3.63) is 106 Å². The Bertz CT molecular complexity index is 1510. The molecule has 2 saturated heterocycles. The lowest BCUT2D eigenvalue weighted by atomic mass is 10.1. The maximum absolute atomic E-state index is 12.9. The van der Waals surface area contributed by atoms with Gasteiger partial charge >= 0.3 is 6.09 Å². The molecule has 0 N–H and O–H groups in total. The molecule has 4 aromatic rings. The molecule has 1 aromatic heterocycles. The Balaban J connectivity index is 1.05. The summed E-state index contributed by atoms with van der Waals surface area (Å²) in [5.74, 6) is 0. The number of para-hydroxylation sites is 1. The molecule has 3 aromatic carbocycles. The number of piperidine rings is 1. The topological polar surface area (TPSA) is 125 Å². The van der Waals surface area contributed by atoms with Gasteiger partial charge < -0.3 is 19.1 Å². The van der Waals surface area contributed by atoms with Gasteiger partial charge in [0, 0.05) is 11.6 Å². The average molecular weight is 542 g/mol. The van der Waals surface area contributed by atoms with Crippen LogP contribution in [-0.2, 0) is 20.8 Å². The summed E-state index contributed by atoms with van der Waals surface area (Å²) in [5, 5.41) is 19.9. The molecule has 11 nitrogen and oxygen atoms in total. The number of carbonyl (C=O) groups excluding carboxylic acids is 1. The largest absolute Gasteiger partial charge is 0.441 e. The molecule has 0 saturated carbocycles. The maximum Gasteiger partial charge on any atom is 0.410 e. The Morgan fingerprint density at radius 3 is 2.60 bits per heavy atom.